The fraction of sp³-hybridized carbons (Fsp3) is 0.667. The maximum atomic E-state index is 5.09. The third kappa shape index (κ3) is 2.15. The molecule has 1 aliphatic rings. The lowest BCUT2D eigenvalue weighted by Crippen LogP contribution is -2.28. The Bertz CT molecular complexity index is 190. The topological polar surface area (TPSA) is 21.6 Å². The molecular formula is C9H15NO. The maximum absolute atomic E-state index is 5.09. The van der Waals surface area contributed by atoms with Gasteiger partial charge in [-0.05, 0) is 19.9 Å². The zero-order chi connectivity index (χ0) is 8.27. The Balaban J connectivity index is 2.50. The van der Waals surface area contributed by atoms with Crippen LogP contribution in [0.15, 0.2) is 16.6 Å². The molecule has 1 rings (SSSR count). The second-order valence-corrected chi connectivity index (χ2v) is 2.99. The first kappa shape index (κ1) is 8.47. The molecule has 1 aliphatic heterocycles. The number of ether oxygens (including phenoxy) is 1. The predicted octanol–water partition coefficient (Wildman–Crippen LogP) is 1.67. The summed E-state index contributed by atoms with van der Waals surface area (Å²) < 4.78 is 5.09. The van der Waals surface area contributed by atoms with Crippen LogP contribution in [0.5, 0.6) is 0 Å². The Labute approximate surface area is 68.0 Å². The largest absolute Gasteiger partial charge is 0.380 e. The van der Waals surface area contributed by atoms with Crippen molar-refractivity contribution < 1.29 is 4.74 Å². The summed E-state index contributed by atoms with van der Waals surface area (Å²) in [6, 6.07) is 0. The summed E-state index contributed by atoms with van der Waals surface area (Å²) in [4.78, 5) is 4.07. The van der Waals surface area contributed by atoms with Crippen LogP contribution in [-0.4, -0.2) is 26.0 Å². The highest BCUT2D eigenvalue weighted by Gasteiger charge is 2.19. The Kier molecular flexibility index (Phi) is 2.83. The van der Waals surface area contributed by atoms with Gasteiger partial charge in [0.05, 0.1) is 13.2 Å². The number of allylic oxidation sites excluding steroid dienone is 1. The maximum Gasteiger partial charge on any atom is 0.0553 e. The molecule has 0 amide bonds. The second-order valence-electron chi connectivity index (χ2n) is 2.99. The summed E-state index contributed by atoms with van der Waals surface area (Å²) in [5.74, 6) is 0.645. The van der Waals surface area contributed by atoms with Crippen molar-refractivity contribution in [2.24, 2.45) is 10.9 Å². The van der Waals surface area contributed by atoms with Gasteiger partial charge >= 0.3 is 0 Å². The zero-order valence-corrected chi connectivity index (χ0v) is 7.42. The van der Waals surface area contributed by atoms with E-state index in [-0.39, 0.29) is 0 Å². The molecule has 2 nitrogen and oxygen atoms in total. The number of hydrogen-bond donors (Lipinski definition) is 0. The average molecular weight is 153 g/mol. The standard InChI is InChI=1S/C9H15NO/c1-7(4-8(2)10-3)9-5-11-6-9/h4,9H,5-6H2,1-3H3/b7-4+,10-8-. The van der Waals surface area contributed by atoms with Gasteiger partial charge < -0.3 is 4.74 Å². The summed E-state index contributed by atoms with van der Waals surface area (Å²) in [5, 5.41) is 0. The summed E-state index contributed by atoms with van der Waals surface area (Å²) in [7, 11) is 1.82. The monoisotopic (exact) mass is 153 g/mol. The third-order valence-corrected chi connectivity index (χ3v) is 2.07. The predicted molar refractivity (Wildman–Crippen MR) is 47.1 cm³/mol. The van der Waals surface area contributed by atoms with E-state index in [9.17, 15) is 0 Å². The number of aliphatic imine (C=N–C) groups is 1. The van der Waals surface area contributed by atoms with Crippen molar-refractivity contribution in [3.05, 3.63) is 11.6 Å². The van der Waals surface area contributed by atoms with Gasteiger partial charge in [-0.1, -0.05) is 5.57 Å². The molecular weight excluding hydrogens is 138 g/mol. The van der Waals surface area contributed by atoms with Gasteiger partial charge in [0.1, 0.15) is 0 Å². The normalized spacial score (nSPS) is 21.7. The fourth-order valence-electron chi connectivity index (χ4n) is 1.01. The van der Waals surface area contributed by atoms with Crippen LogP contribution in [0.1, 0.15) is 13.8 Å². The van der Waals surface area contributed by atoms with E-state index in [1.54, 1.807) is 0 Å². The molecule has 0 unspecified atom stereocenters. The first-order valence-corrected chi connectivity index (χ1v) is 3.93. The molecule has 2 heteroatoms. The van der Waals surface area contributed by atoms with Crippen LogP contribution in [-0.2, 0) is 4.74 Å². The molecule has 0 aromatic heterocycles. The average Bonchev–Trinajstić information content (AvgIpc) is 1.83. The van der Waals surface area contributed by atoms with E-state index < -0.39 is 0 Å². The van der Waals surface area contributed by atoms with Crippen molar-refractivity contribution in [1.29, 1.82) is 0 Å². The highest BCUT2D eigenvalue weighted by molar-refractivity contribution is 5.93. The molecule has 0 aromatic rings. The minimum Gasteiger partial charge on any atom is -0.380 e. The van der Waals surface area contributed by atoms with Gasteiger partial charge in [0.2, 0.25) is 0 Å². The number of nitrogens with zero attached hydrogens (tertiary/aromatic N) is 1. The quantitative estimate of drug-likeness (QED) is 0.553. The lowest BCUT2D eigenvalue weighted by molar-refractivity contribution is -0.0131. The molecule has 0 bridgehead atoms. The van der Waals surface area contributed by atoms with E-state index in [0.29, 0.717) is 5.92 Å². The second kappa shape index (κ2) is 3.67. The lowest BCUT2D eigenvalue weighted by atomic mass is 9.98. The molecule has 0 N–H and O–H groups in total. The van der Waals surface area contributed by atoms with Crippen LogP contribution >= 0.6 is 0 Å². The van der Waals surface area contributed by atoms with E-state index in [1.807, 2.05) is 14.0 Å². The van der Waals surface area contributed by atoms with E-state index in [4.69, 9.17) is 4.74 Å². The molecule has 0 atom stereocenters. The van der Waals surface area contributed by atoms with Gasteiger partial charge in [-0.2, -0.15) is 0 Å². The van der Waals surface area contributed by atoms with E-state index in [0.717, 1.165) is 18.9 Å². The van der Waals surface area contributed by atoms with Crippen LogP contribution in [0.4, 0.5) is 0 Å². The lowest BCUT2D eigenvalue weighted by Gasteiger charge is -2.26. The molecule has 11 heavy (non-hydrogen) atoms. The van der Waals surface area contributed by atoms with Crippen molar-refractivity contribution in [1.82, 2.24) is 0 Å². The van der Waals surface area contributed by atoms with Gasteiger partial charge in [0, 0.05) is 18.7 Å². The Morgan fingerprint density at radius 1 is 1.45 bits per heavy atom. The van der Waals surface area contributed by atoms with Crippen LogP contribution in [0.25, 0.3) is 0 Å². The first-order valence-electron chi connectivity index (χ1n) is 3.93. The minimum atomic E-state index is 0.645. The van der Waals surface area contributed by atoms with Gasteiger partial charge in [-0.3, -0.25) is 4.99 Å². The molecule has 0 aliphatic carbocycles. The minimum absolute atomic E-state index is 0.645. The van der Waals surface area contributed by atoms with Crippen LogP contribution in [0, 0.1) is 5.92 Å². The number of rotatable bonds is 2. The molecule has 0 spiro atoms. The van der Waals surface area contributed by atoms with Gasteiger partial charge in [-0.15, -0.1) is 0 Å². The van der Waals surface area contributed by atoms with Crippen molar-refractivity contribution in [2.45, 2.75) is 13.8 Å². The molecule has 0 aromatic carbocycles. The number of hydrogen-bond acceptors (Lipinski definition) is 2. The molecule has 0 saturated carbocycles. The molecule has 1 saturated heterocycles. The first-order chi connectivity index (χ1) is 5.24. The van der Waals surface area contributed by atoms with Crippen molar-refractivity contribution in [3.63, 3.8) is 0 Å². The fourth-order valence-corrected chi connectivity index (χ4v) is 1.01. The van der Waals surface area contributed by atoms with E-state index in [2.05, 4.69) is 18.0 Å². The van der Waals surface area contributed by atoms with Crippen LogP contribution in [0.3, 0.4) is 0 Å². The SMILES string of the molecule is C/N=C(C)\C=C(/C)C1COC1. The zero-order valence-electron chi connectivity index (χ0n) is 7.42. The van der Waals surface area contributed by atoms with Crippen LogP contribution in [0.2, 0.25) is 0 Å². The van der Waals surface area contributed by atoms with Crippen LogP contribution < -0.4 is 0 Å². The van der Waals surface area contributed by atoms with E-state index >= 15 is 0 Å². The van der Waals surface area contributed by atoms with E-state index in [1.165, 1.54) is 5.57 Å². The Morgan fingerprint density at radius 2 is 2.09 bits per heavy atom. The summed E-state index contributed by atoms with van der Waals surface area (Å²) in [6.45, 7) is 5.93. The highest BCUT2D eigenvalue weighted by Crippen LogP contribution is 2.19. The Morgan fingerprint density at radius 3 is 2.45 bits per heavy atom. The van der Waals surface area contributed by atoms with Gasteiger partial charge in [0.15, 0.2) is 0 Å². The summed E-state index contributed by atoms with van der Waals surface area (Å²) in [6.07, 6.45) is 2.13. The summed E-state index contributed by atoms with van der Waals surface area (Å²) >= 11 is 0. The van der Waals surface area contributed by atoms with Gasteiger partial charge in [-0.25, -0.2) is 0 Å². The highest BCUT2D eigenvalue weighted by atomic mass is 16.5. The molecule has 1 heterocycles. The van der Waals surface area contributed by atoms with Gasteiger partial charge in [0.25, 0.3) is 0 Å². The Hall–Kier alpha value is -0.630. The summed E-state index contributed by atoms with van der Waals surface area (Å²) in [5.41, 5.74) is 2.48. The van der Waals surface area contributed by atoms with Crippen molar-refractivity contribution >= 4 is 5.71 Å². The smallest absolute Gasteiger partial charge is 0.0553 e. The van der Waals surface area contributed by atoms with Crippen molar-refractivity contribution in [3.8, 4) is 0 Å². The molecule has 0 radical (unpaired) electrons. The third-order valence-electron chi connectivity index (χ3n) is 2.07. The molecule has 62 valence electrons. The molecule has 1 fully saturated rings. The van der Waals surface area contributed by atoms with Crippen molar-refractivity contribution in [2.75, 3.05) is 20.3 Å².